The third-order valence-electron chi connectivity index (χ3n) is 7.97. The van der Waals surface area contributed by atoms with E-state index in [9.17, 15) is 13.2 Å². The zero-order valence-corrected chi connectivity index (χ0v) is 20.0. The Kier molecular flexibility index (Phi) is 4.92. The van der Waals surface area contributed by atoms with Gasteiger partial charge in [0.25, 0.3) is 0 Å². The van der Waals surface area contributed by atoms with E-state index in [0.29, 0.717) is 22.6 Å². The number of nitrogens with two attached hydrogens (primary N) is 1. The van der Waals surface area contributed by atoms with Gasteiger partial charge in [-0.2, -0.15) is 13.2 Å². The Morgan fingerprint density at radius 2 is 1.77 bits per heavy atom. The first-order valence-electron chi connectivity index (χ1n) is 12.3. The van der Waals surface area contributed by atoms with Crippen molar-refractivity contribution in [2.24, 2.45) is 5.41 Å². The van der Waals surface area contributed by atoms with Crippen LogP contribution in [0.15, 0.2) is 18.2 Å². The van der Waals surface area contributed by atoms with Crippen LogP contribution in [-0.2, 0) is 19.0 Å². The van der Waals surface area contributed by atoms with E-state index in [1.54, 1.807) is 0 Å². The number of aryl methyl sites for hydroxylation is 2. The Labute approximate surface area is 202 Å². The molecule has 9 heteroatoms. The summed E-state index contributed by atoms with van der Waals surface area (Å²) in [5.41, 5.74) is 10.6. The smallest absolute Gasteiger partial charge is 0.384 e. The Bertz CT molecular complexity index is 1320. The van der Waals surface area contributed by atoms with Crippen LogP contribution in [-0.4, -0.2) is 28.0 Å². The SMILES string of the molecule is Cc1nc(N[C@H](C)c2cc(N)nc(C(F)(F)F)c2)c2cc(N3CC4(CCC4)C3)c3c(c2n1)CCC3. The van der Waals surface area contributed by atoms with E-state index in [-0.39, 0.29) is 5.82 Å². The van der Waals surface area contributed by atoms with Crippen LogP contribution in [0.1, 0.15) is 66.9 Å². The van der Waals surface area contributed by atoms with Crippen molar-refractivity contribution in [2.75, 3.05) is 29.0 Å². The lowest BCUT2D eigenvalue weighted by Crippen LogP contribution is -2.60. The molecule has 6 rings (SSSR count). The number of alkyl halides is 3. The van der Waals surface area contributed by atoms with Crippen molar-refractivity contribution >= 4 is 28.2 Å². The Morgan fingerprint density at radius 3 is 2.46 bits per heavy atom. The molecule has 184 valence electrons. The fraction of sp³-hybridized carbons (Fsp3) is 0.500. The van der Waals surface area contributed by atoms with Crippen LogP contribution in [0.5, 0.6) is 0 Å². The molecule has 3 aliphatic rings. The summed E-state index contributed by atoms with van der Waals surface area (Å²) in [6, 6.07) is 4.26. The topological polar surface area (TPSA) is 80.0 Å². The van der Waals surface area contributed by atoms with Gasteiger partial charge >= 0.3 is 6.18 Å². The first kappa shape index (κ1) is 22.4. The van der Waals surface area contributed by atoms with E-state index < -0.39 is 17.9 Å². The van der Waals surface area contributed by atoms with Crippen LogP contribution >= 0.6 is 0 Å². The second-order valence-electron chi connectivity index (χ2n) is 10.5. The van der Waals surface area contributed by atoms with Crippen LogP contribution in [0.25, 0.3) is 10.9 Å². The van der Waals surface area contributed by atoms with Crippen molar-refractivity contribution in [3.8, 4) is 0 Å². The maximum absolute atomic E-state index is 13.3. The normalized spacial score (nSPS) is 19.4. The zero-order chi connectivity index (χ0) is 24.5. The minimum atomic E-state index is -4.56. The molecule has 35 heavy (non-hydrogen) atoms. The molecule has 3 heterocycles. The highest BCUT2D eigenvalue weighted by Gasteiger charge is 2.48. The number of rotatable bonds is 4. The summed E-state index contributed by atoms with van der Waals surface area (Å²) in [4.78, 5) is 15.4. The zero-order valence-electron chi connectivity index (χ0n) is 20.0. The molecule has 0 unspecified atom stereocenters. The average Bonchev–Trinajstić information content (AvgIpc) is 3.21. The highest BCUT2D eigenvalue weighted by Crippen LogP contribution is 2.51. The molecule has 1 saturated carbocycles. The van der Waals surface area contributed by atoms with E-state index in [1.165, 1.54) is 42.1 Å². The van der Waals surface area contributed by atoms with Gasteiger partial charge in [-0.1, -0.05) is 6.42 Å². The minimum absolute atomic E-state index is 0.157. The molecule has 0 radical (unpaired) electrons. The fourth-order valence-corrected chi connectivity index (χ4v) is 6.04. The van der Waals surface area contributed by atoms with Gasteiger partial charge in [-0.25, -0.2) is 15.0 Å². The van der Waals surface area contributed by atoms with Crippen molar-refractivity contribution < 1.29 is 13.2 Å². The molecular weight excluding hydrogens is 453 g/mol. The van der Waals surface area contributed by atoms with Crippen molar-refractivity contribution in [3.63, 3.8) is 0 Å². The first-order chi connectivity index (χ1) is 16.6. The predicted octanol–water partition coefficient (Wildman–Crippen LogP) is 5.59. The first-order valence-corrected chi connectivity index (χ1v) is 12.3. The Morgan fingerprint density at radius 1 is 1.03 bits per heavy atom. The summed E-state index contributed by atoms with van der Waals surface area (Å²) in [6.07, 6.45) is 2.56. The molecule has 6 nitrogen and oxygen atoms in total. The van der Waals surface area contributed by atoms with Crippen LogP contribution in [0.3, 0.4) is 0 Å². The Balaban J connectivity index is 1.39. The summed E-state index contributed by atoms with van der Waals surface area (Å²) in [5.74, 6) is 1.12. The number of nitrogens with zero attached hydrogens (tertiary/aromatic N) is 4. The van der Waals surface area contributed by atoms with E-state index in [1.807, 2.05) is 13.8 Å². The van der Waals surface area contributed by atoms with E-state index >= 15 is 0 Å². The van der Waals surface area contributed by atoms with Gasteiger partial charge in [0.1, 0.15) is 23.2 Å². The van der Waals surface area contributed by atoms with E-state index in [0.717, 1.165) is 49.3 Å². The van der Waals surface area contributed by atoms with Gasteiger partial charge in [0.15, 0.2) is 0 Å². The summed E-state index contributed by atoms with van der Waals surface area (Å²) < 4.78 is 39.9. The highest BCUT2D eigenvalue weighted by molar-refractivity contribution is 5.96. The van der Waals surface area contributed by atoms with E-state index in [4.69, 9.17) is 10.7 Å². The average molecular weight is 483 g/mol. The molecule has 0 amide bonds. The second kappa shape index (κ2) is 7.70. The molecule has 0 bridgehead atoms. The molecule has 1 aliphatic heterocycles. The Hall–Kier alpha value is -3.10. The fourth-order valence-electron chi connectivity index (χ4n) is 6.04. The number of aromatic nitrogens is 3. The number of hydrogen-bond acceptors (Lipinski definition) is 6. The summed E-state index contributed by atoms with van der Waals surface area (Å²) >= 11 is 0. The largest absolute Gasteiger partial charge is 0.433 e. The lowest BCUT2D eigenvalue weighted by molar-refractivity contribution is -0.141. The van der Waals surface area contributed by atoms with Gasteiger partial charge in [0, 0.05) is 29.6 Å². The predicted molar refractivity (Wildman–Crippen MR) is 130 cm³/mol. The molecule has 2 fully saturated rings. The molecule has 3 N–H and O–H groups in total. The van der Waals surface area contributed by atoms with Gasteiger partial charge in [-0.15, -0.1) is 0 Å². The van der Waals surface area contributed by atoms with Crippen LogP contribution in [0.4, 0.5) is 30.5 Å². The number of fused-ring (bicyclic) bond motifs is 3. The number of hydrogen-bond donors (Lipinski definition) is 2. The van der Waals surface area contributed by atoms with Crippen LogP contribution in [0, 0.1) is 12.3 Å². The van der Waals surface area contributed by atoms with E-state index in [2.05, 4.69) is 26.3 Å². The number of nitrogens with one attached hydrogen (secondary N) is 1. The summed E-state index contributed by atoms with van der Waals surface area (Å²) in [5, 5.41) is 4.28. The highest BCUT2D eigenvalue weighted by atomic mass is 19.4. The molecule has 2 aliphatic carbocycles. The van der Waals surface area contributed by atoms with Gasteiger partial charge in [-0.05, 0) is 80.8 Å². The quantitative estimate of drug-likeness (QED) is 0.505. The van der Waals surface area contributed by atoms with Crippen molar-refractivity contribution in [1.29, 1.82) is 0 Å². The number of anilines is 3. The number of benzene rings is 1. The molecule has 1 aromatic carbocycles. The standard InChI is InChI=1S/C26H29F3N6/c1-14(16-9-21(26(27,28)29)34-22(30)10-16)31-24-19-11-20(35-12-25(13-35)7-4-8-25)17-5-3-6-18(17)23(19)32-15(2)33-24/h9-11,14H,3-8,12-13H2,1-2H3,(H2,30,34)(H,31,32,33)/t14-/m1/s1. The monoisotopic (exact) mass is 482 g/mol. The van der Waals surface area contributed by atoms with Crippen molar-refractivity contribution in [2.45, 2.75) is 64.6 Å². The van der Waals surface area contributed by atoms with Crippen molar-refractivity contribution in [1.82, 2.24) is 15.0 Å². The van der Waals surface area contributed by atoms with Gasteiger partial charge < -0.3 is 16.0 Å². The number of nitrogen functional groups attached to an aromatic ring is 1. The summed E-state index contributed by atoms with van der Waals surface area (Å²) in [7, 11) is 0. The number of pyridine rings is 1. The number of halogens is 3. The maximum Gasteiger partial charge on any atom is 0.433 e. The molecule has 1 spiro atoms. The second-order valence-corrected chi connectivity index (χ2v) is 10.5. The molecule has 1 atom stereocenters. The van der Waals surface area contributed by atoms with Crippen LogP contribution in [0.2, 0.25) is 0 Å². The third kappa shape index (κ3) is 3.76. The van der Waals surface area contributed by atoms with Gasteiger partial charge in [0.2, 0.25) is 0 Å². The maximum atomic E-state index is 13.3. The summed E-state index contributed by atoms with van der Waals surface area (Å²) in [6.45, 7) is 5.87. The molecule has 1 saturated heterocycles. The molecular formula is C26H29F3N6. The molecule has 2 aromatic heterocycles. The third-order valence-corrected chi connectivity index (χ3v) is 7.97. The minimum Gasteiger partial charge on any atom is -0.384 e. The van der Waals surface area contributed by atoms with Crippen molar-refractivity contribution in [3.05, 3.63) is 46.4 Å². The van der Waals surface area contributed by atoms with Gasteiger partial charge in [-0.3, -0.25) is 0 Å². The lowest BCUT2D eigenvalue weighted by Gasteiger charge is -2.57. The van der Waals surface area contributed by atoms with Gasteiger partial charge in [0.05, 0.1) is 11.6 Å². The van der Waals surface area contributed by atoms with Crippen LogP contribution < -0.4 is 16.0 Å². The molecule has 3 aromatic rings. The lowest BCUT2D eigenvalue weighted by atomic mass is 9.63.